The molecule has 0 heterocycles. The Balaban J connectivity index is 1.71. The van der Waals surface area contributed by atoms with Crippen molar-refractivity contribution in [1.82, 2.24) is 0 Å². The van der Waals surface area contributed by atoms with Crippen LogP contribution >= 0.6 is 7.82 Å². The highest BCUT2D eigenvalue weighted by molar-refractivity contribution is 7.48. The van der Waals surface area contributed by atoms with Crippen LogP contribution in [0.5, 0.6) is 5.75 Å². The zero-order valence-electron chi connectivity index (χ0n) is 13.7. The predicted octanol–water partition coefficient (Wildman–Crippen LogP) is 5.61. The summed E-state index contributed by atoms with van der Waals surface area (Å²) in [5, 5.41) is 0. The van der Waals surface area contributed by atoms with Crippen molar-refractivity contribution in [2.24, 2.45) is 0 Å². The fourth-order valence-corrected chi connectivity index (χ4v) is 3.33. The molecule has 0 spiro atoms. The first-order chi connectivity index (χ1) is 12.2. The standard InChI is InChI=1S/C20H19O4P/c21-25(24-20-14-8-3-9-15-20,22-16-18-10-4-1-5-11-18)23-17-19-12-6-2-7-13-19/h1-15H,16-17H2. The molecule has 0 N–H and O–H groups in total. The van der Waals surface area contributed by atoms with Crippen LogP contribution < -0.4 is 4.52 Å². The first-order valence-electron chi connectivity index (χ1n) is 7.95. The normalized spacial score (nSPS) is 11.2. The summed E-state index contributed by atoms with van der Waals surface area (Å²) < 4.78 is 29.7. The molecule has 0 aromatic heterocycles. The summed E-state index contributed by atoms with van der Waals surface area (Å²) in [7, 11) is -3.77. The Bertz CT molecular complexity index is 759. The molecule has 25 heavy (non-hydrogen) atoms. The predicted molar refractivity (Wildman–Crippen MR) is 97.1 cm³/mol. The van der Waals surface area contributed by atoms with Gasteiger partial charge in [-0.2, -0.15) is 0 Å². The smallest absolute Gasteiger partial charge is 0.404 e. The van der Waals surface area contributed by atoms with Gasteiger partial charge in [0.1, 0.15) is 5.75 Å². The number of benzene rings is 3. The average molecular weight is 354 g/mol. The van der Waals surface area contributed by atoms with Crippen molar-refractivity contribution in [2.45, 2.75) is 13.2 Å². The van der Waals surface area contributed by atoms with Crippen molar-refractivity contribution in [3.05, 3.63) is 102 Å². The van der Waals surface area contributed by atoms with Crippen molar-refractivity contribution in [1.29, 1.82) is 0 Å². The minimum absolute atomic E-state index is 0.139. The second kappa shape index (κ2) is 8.63. The second-order valence-electron chi connectivity index (χ2n) is 5.37. The van der Waals surface area contributed by atoms with Crippen LogP contribution in [0, 0.1) is 0 Å². The molecule has 3 aromatic carbocycles. The van der Waals surface area contributed by atoms with Gasteiger partial charge in [0.15, 0.2) is 0 Å². The third kappa shape index (κ3) is 5.57. The summed E-state index contributed by atoms with van der Waals surface area (Å²) in [5.74, 6) is 0.437. The Kier molecular flexibility index (Phi) is 6.02. The quantitative estimate of drug-likeness (QED) is 0.494. The molecule has 0 atom stereocenters. The number of phosphoric acid groups is 1. The van der Waals surface area contributed by atoms with Gasteiger partial charge in [-0.15, -0.1) is 0 Å². The summed E-state index contributed by atoms with van der Waals surface area (Å²) in [5.41, 5.74) is 1.78. The Labute approximate surface area is 147 Å². The van der Waals surface area contributed by atoms with Crippen LogP contribution in [0.4, 0.5) is 0 Å². The molecule has 3 rings (SSSR count). The fraction of sp³-hybridized carbons (Fsp3) is 0.100. The van der Waals surface area contributed by atoms with Crippen LogP contribution in [0.3, 0.4) is 0 Å². The van der Waals surface area contributed by atoms with E-state index in [9.17, 15) is 4.57 Å². The third-order valence-electron chi connectivity index (χ3n) is 3.42. The van der Waals surface area contributed by atoms with E-state index in [-0.39, 0.29) is 13.2 Å². The van der Waals surface area contributed by atoms with Crippen LogP contribution in [-0.2, 0) is 26.8 Å². The Morgan fingerprint density at radius 3 is 1.44 bits per heavy atom. The SMILES string of the molecule is O=P(OCc1ccccc1)(OCc1ccccc1)Oc1ccccc1. The van der Waals surface area contributed by atoms with E-state index >= 15 is 0 Å². The van der Waals surface area contributed by atoms with Crippen LogP contribution in [0.15, 0.2) is 91.0 Å². The zero-order chi connectivity index (χ0) is 17.4. The first-order valence-corrected chi connectivity index (χ1v) is 9.41. The van der Waals surface area contributed by atoms with Crippen molar-refractivity contribution in [3.63, 3.8) is 0 Å². The minimum atomic E-state index is -3.77. The number of para-hydroxylation sites is 1. The monoisotopic (exact) mass is 354 g/mol. The van der Waals surface area contributed by atoms with Crippen LogP contribution in [0.1, 0.15) is 11.1 Å². The van der Waals surface area contributed by atoms with Gasteiger partial charge in [-0.3, -0.25) is 9.05 Å². The van der Waals surface area contributed by atoms with Gasteiger partial charge < -0.3 is 4.52 Å². The van der Waals surface area contributed by atoms with Crippen molar-refractivity contribution < 1.29 is 18.1 Å². The van der Waals surface area contributed by atoms with Gasteiger partial charge >= 0.3 is 7.82 Å². The lowest BCUT2D eigenvalue weighted by Gasteiger charge is -2.18. The van der Waals surface area contributed by atoms with E-state index in [1.54, 1.807) is 24.3 Å². The molecule has 0 aliphatic rings. The molecular formula is C20H19O4P. The Hall–Kier alpha value is -2.39. The summed E-state index contributed by atoms with van der Waals surface area (Å²) in [6, 6.07) is 27.9. The van der Waals surface area contributed by atoms with E-state index in [4.69, 9.17) is 13.6 Å². The fourth-order valence-electron chi connectivity index (χ4n) is 2.16. The largest absolute Gasteiger partial charge is 0.530 e. The highest BCUT2D eigenvalue weighted by atomic mass is 31.2. The molecule has 0 amide bonds. The number of hydrogen-bond acceptors (Lipinski definition) is 4. The second-order valence-corrected chi connectivity index (χ2v) is 6.96. The maximum Gasteiger partial charge on any atom is 0.530 e. The molecule has 5 heteroatoms. The Morgan fingerprint density at radius 2 is 1.00 bits per heavy atom. The summed E-state index contributed by atoms with van der Waals surface area (Å²) in [4.78, 5) is 0. The molecule has 0 unspecified atom stereocenters. The van der Waals surface area contributed by atoms with Gasteiger partial charge in [-0.25, -0.2) is 4.57 Å². The average Bonchev–Trinajstić information content (AvgIpc) is 2.68. The highest BCUT2D eigenvalue weighted by Gasteiger charge is 2.29. The topological polar surface area (TPSA) is 44.8 Å². The molecule has 4 nitrogen and oxygen atoms in total. The highest BCUT2D eigenvalue weighted by Crippen LogP contribution is 2.50. The van der Waals surface area contributed by atoms with E-state index in [1.807, 2.05) is 66.7 Å². The first kappa shape index (κ1) is 17.4. The molecule has 0 bridgehead atoms. The maximum atomic E-state index is 13.1. The van der Waals surface area contributed by atoms with Crippen molar-refractivity contribution in [2.75, 3.05) is 0 Å². The van der Waals surface area contributed by atoms with Gasteiger partial charge in [-0.1, -0.05) is 78.9 Å². The van der Waals surface area contributed by atoms with E-state index in [1.165, 1.54) is 0 Å². The maximum absolute atomic E-state index is 13.1. The molecular weight excluding hydrogens is 335 g/mol. The summed E-state index contributed by atoms with van der Waals surface area (Å²) in [6.45, 7) is 0.277. The zero-order valence-corrected chi connectivity index (χ0v) is 14.5. The van der Waals surface area contributed by atoms with Gasteiger partial charge in [0.2, 0.25) is 0 Å². The number of phosphoric ester groups is 1. The Morgan fingerprint density at radius 1 is 0.600 bits per heavy atom. The summed E-state index contributed by atoms with van der Waals surface area (Å²) in [6.07, 6.45) is 0. The van der Waals surface area contributed by atoms with Crippen LogP contribution in [0.25, 0.3) is 0 Å². The van der Waals surface area contributed by atoms with E-state index in [0.29, 0.717) is 5.75 Å². The van der Waals surface area contributed by atoms with Crippen LogP contribution in [0.2, 0.25) is 0 Å². The molecule has 0 fully saturated rings. The van der Waals surface area contributed by atoms with E-state index in [2.05, 4.69) is 0 Å². The molecule has 0 aliphatic heterocycles. The minimum Gasteiger partial charge on any atom is -0.404 e. The van der Waals surface area contributed by atoms with Gasteiger partial charge in [-0.05, 0) is 23.3 Å². The van der Waals surface area contributed by atoms with E-state index in [0.717, 1.165) is 11.1 Å². The van der Waals surface area contributed by atoms with E-state index < -0.39 is 7.82 Å². The third-order valence-corrected chi connectivity index (χ3v) is 4.75. The lowest BCUT2D eigenvalue weighted by molar-refractivity contribution is 0.143. The van der Waals surface area contributed by atoms with Crippen molar-refractivity contribution >= 4 is 7.82 Å². The molecule has 0 radical (unpaired) electrons. The molecule has 0 saturated carbocycles. The van der Waals surface area contributed by atoms with Gasteiger partial charge in [0.05, 0.1) is 13.2 Å². The van der Waals surface area contributed by atoms with Gasteiger partial charge in [0, 0.05) is 0 Å². The van der Waals surface area contributed by atoms with Gasteiger partial charge in [0.25, 0.3) is 0 Å². The van der Waals surface area contributed by atoms with Crippen LogP contribution in [-0.4, -0.2) is 0 Å². The molecule has 3 aromatic rings. The number of rotatable bonds is 8. The summed E-state index contributed by atoms with van der Waals surface area (Å²) >= 11 is 0. The number of hydrogen-bond donors (Lipinski definition) is 0. The molecule has 0 saturated heterocycles. The molecule has 0 aliphatic carbocycles. The molecule has 128 valence electrons. The lowest BCUT2D eigenvalue weighted by atomic mass is 10.2. The van der Waals surface area contributed by atoms with Crippen molar-refractivity contribution in [3.8, 4) is 5.75 Å². The lowest BCUT2D eigenvalue weighted by Crippen LogP contribution is -2.03.